The normalized spacial score (nSPS) is 14.6. The van der Waals surface area contributed by atoms with Crippen molar-refractivity contribution in [1.82, 2.24) is 0 Å². The molecule has 0 aliphatic rings. The van der Waals surface area contributed by atoms with Crippen LogP contribution in [0.25, 0.3) is 0 Å². The van der Waals surface area contributed by atoms with Gasteiger partial charge in [-0.2, -0.15) is 0 Å². The lowest BCUT2D eigenvalue weighted by Crippen LogP contribution is -2.25. The molecule has 3 unspecified atom stereocenters. The van der Waals surface area contributed by atoms with Gasteiger partial charge in [0.15, 0.2) is 0 Å². The highest BCUT2D eigenvalue weighted by Gasteiger charge is 2.23. The van der Waals surface area contributed by atoms with Gasteiger partial charge < -0.3 is 11.5 Å². The van der Waals surface area contributed by atoms with Gasteiger partial charge in [-0.25, -0.2) is 0 Å². The van der Waals surface area contributed by atoms with Crippen molar-refractivity contribution in [2.75, 3.05) is 6.54 Å². The lowest BCUT2D eigenvalue weighted by molar-refractivity contribution is 0.696. The first kappa shape index (κ1) is 19.3. The molecule has 2 nitrogen and oxygen atoms in total. The van der Waals surface area contributed by atoms with Gasteiger partial charge in [0.1, 0.15) is 0 Å². The molecule has 140 valence electrons. The summed E-state index contributed by atoms with van der Waals surface area (Å²) in [6.07, 6.45) is 0. The Hall–Kier alpha value is -2.42. The smallest absolute Gasteiger partial charge is 0.0425 e. The molecule has 0 aliphatic carbocycles. The van der Waals surface area contributed by atoms with Gasteiger partial charge in [-0.1, -0.05) is 92.2 Å². The first-order valence-corrected chi connectivity index (χ1v) is 9.72. The molecule has 3 rings (SSSR count). The number of hydrogen-bond acceptors (Lipinski definition) is 2. The van der Waals surface area contributed by atoms with Gasteiger partial charge in [0.25, 0.3) is 0 Å². The summed E-state index contributed by atoms with van der Waals surface area (Å²) < 4.78 is 0. The van der Waals surface area contributed by atoms with Crippen LogP contribution in [-0.2, 0) is 0 Å². The van der Waals surface area contributed by atoms with Crippen LogP contribution in [0.4, 0.5) is 0 Å². The van der Waals surface area contributed by atoms with Crippen LogP contribution in [0.3, 0.4) is 0 Å². The Kier molecular flexibility index (Phi) is 6.10. The van der Waals surface area contributed by atoms with Crippen molar-refractivity contribution in [3.63, 3.8) is 0 Å². The van der Waals surface area contributed by atoms with E-state index >= 15 is 0 Å². The zero-order chi connectivity index (χ0) is 19.4. The Morgan fingerprint density at radius 2 is 1.15 bits per heavy atom. The molecule has 0 aromatic heterocycles. The molecular formula is C25H30N2. The lowest BCUT2D eigenvalue weighted by Gasteiger charge is -2.27. The minimum Gasteiger partial charge on any atom is -0.329 e. The highest BCUT2D eigenvalue weighted by atomic mass is 14.7. The summed E-state index contributed by atoms with van der Waals surface area (Å²) in [6.45, 7) is 7.12. The Morgan fingerprint density at radius 1 is 0.741 bits per heavy atom. The van der Waals surface area contributed by atoms with E-state index in [1.165, 1.54) is 33.4 Å². The quantitative estimate of drug-likeness (QED) is 0.632. The molecule has 0 aliphatic heterocycles. The van der Waals surface area contributed by atoms with Gasteiger partial charge in [0.2, 0.25) is 0 Å². The summed E-state index contributed by atoms with van der Waals surface area (Å²) in [4.78, 5) is 0. The third-order valence-electron chi connectivity index (χ3n) is 5.55. The second-order valence-corrected chi connectivity index (χ2v) is 7.46. The maximum absolute atomic E-state index is 6.55. The van der Waals surface area contributed by atoms with Crippen LogP contribution < -0.4 is 11.5 Å². The first-order chi connectivity index (χ1) is 13.0. The summed E-state index contributed by atoms with van der Waals surface area (Å²) in [6, 6.07) is 25.6. The molecule has 4 N–H and O–H groups in total. The van der Waals surface area contributed by atoms with Gasteiger partial charge in [0, 0.05) is 24.4 Å². The fourth-order valence-electron chi connectivity index (χ4n) is 3.96. The second kappa shape index (κ2) is 8.51. The van der Waals surface area contributed by atoms with E-state index in [-0.39, 0.29) is 17.9 Å². The van der Waals surface area contributed by atoms with Gasteiger partial charge in [-0.3, -0.25) is 0 Å². The summed E-state index contributed by atoms with van der Waals surface area (Å²) in [5.41, 5.74) is 20.2. The molecule has 0 saturated carbocycles. The lowest BCUT2D eigenvalue weighted by atomic mass is 9.79. The van der Waals surface area contributed by atoms with Gasteiger partial charge in [-0.15, -0.1) is 0 Å². The standard InChI is InChI=1S/C25H30N2/c1-17-14-22(18(2)20-10-6-4-7-11-20)25(24(27)16-26)23(15-17)19(3)21-12-8-5-9-13-21/h4-15,18-19,24H,16,26-27H2,1-3H3. The van der Waals surface area contributed by atoms with Gasteiger partial charge >= 0.3 is 0 Å². The maximum atomic E-state index is 6.55. The molecule has 0 saturated heterocycles. The van der Waals surface area contributed by atoms with Crippen LogP contribution in [0.5, 0.6) is 0 Å². The number of hydrogen-bond donors (Lipinski definition) is 2. The number of rotatable bonds is 6. The van der Waals surface area contributed by atoms with E-state index in [0.29, 0.717) is 6.54 Å². The van der Waals surface area contributed by atoms with E-state index in [9.17, 15) is 0 Å². The zero-order valence-electron chi connectivity index (χ0n) is 16.5. The average Bonchev–Trinajstić information content (AvgIpc) is 2.72. The van der Waals surface area contributed by atoms with E-state index < -0.39 is 0 Å². The topological polar surface area (TPSA) is 52.0 Å². The van der Waals surface area contributed by atoms with Crippen LogP contribution in [0.1, 0.15) is 65.1 Å². The molecule has 3 aromatic carbocycles. The van der Waals surface area contributed by atoms with Crippen LogP contribution in [-0.4, -0.2) is 6.54 Å². The fraction of sp³-hybridized carbons (Fsp3) is 0.280. The first-order valence-electron chi connectivity index (χ1n) is 9.72. The van der Waals surface area contributed by atoms with E-state index in [4.69, 9.17) is 11.5 Å². The van der Waals surface area contributed by atoms with Crippen molar-refractivity contribution in [1.29, 1.82) is 0 Å². The van der Waals surface area contributed by atoms with Gasteiger partial charge in [-0.05, 0) is 34.7 Å². The molecule has 27 heavy (non-hydrogen) atoms. The molecule has 0 radical (unpaired) electrons. The molecule has 0 bridgehead atoms. The van der Waals surface area contributed by atoms with Crippen molar-refractivity contribution in [3.8, 4) is 0 Å². The van der Waals surface area contributed by atoms with E-state index in [2.05, 4.69) is 93.6 Å². The fourth-order valence-corrected chi connectivity index (χ4v) is 3.96. The van der Waals surface area contributed by atoms with Crippen LogP contribution in [0, 0.1) is 6.92 Å². The Balaban J connectivity index is 2.18. The highest BCUT2D eigenvalue weighted by molar-refractivity contribution is 5.49. The van der Waals surface area contributed by atoms with E-state index in [1.54, 1.807) is 0 Å². The minimum absolute atomic E-state index is 0.173. The van der Waals surface area contributed by atoms with Crippen molar-refractivity contribution in [2.45, 2.75) is 38.6 Å². The van der Waals surface area contributed by atoms with E-state index in [0.717, 1.165) is 0 Å². The Labute approximate surface area is 163 Å². The molecule has 0 fully saturated rings. The molecular weight excluding hydrogens is 328 g/mol. The van der Waals surface area contributed by atoms with Crippen LogP contribution >= 0.6 is 0 Å². The van der Waals surface area contributed by atoms with Crippen LogP contribution in [0.15, 0.2) is 72.8 Å². The minimum atomic E-state index is -0.173. The summed E-state index contributed by atoms with van der Waals surface area (Å²) in [5, 5.41) is 0. The van der Waals surface area contributed by atoms with Crippen molar-refractivity contribution in [2.24, 2.45) is 11.5 Å². The Bertz CT molecular complexity index is 805. The predicted molar refractivity (Wildman–Crippen MR) is 115 cm³/mol. The highest BCUT2D eigenvalue weighted by Crippen LogP contribution is 2.37. The van der Waals surface area contributed by atoms with E-state index in [1.807, 2.05) is 0 Å². The predicted octanol–water partition coefficient (Wildman–Crippen LogP) is 5.26. The summed E-state index contributed by atoms with van der Waals surface area (Å²) >= 11 is 0. The summed E-state index contributed by atoms with van der Waals surface area (Å²) in [7, 11) is 0. The zero-order valence-corrected chi connectivity index (χ0v) is 16.5. The second-order valence-electron chi connectivity index (χ2n) is 7.46. The average molecular weight is 359 g/mol. The number of nitrogens with two attached hydrogens (primary N) is 2. The monoisotopic (exact) mass is 358 g/mol. The maximum Gasteiger partial charge on any atom is 0.0425 e. The van der Waals surface area contributed by atoms with Crippen molar-refractivity contribution >= 4 is 0 Å². The van der Waals surface area contributed by atoms with Crippen LogP contribution in [0.2, 0.25) is 0 Å². The third kappa shape index (κ3) is 4.13. The molecule has 0 amide bonds. The molecule has 3 atom stereocenters. The number of benzene rings is 3. The number of aryl methyl sites for hydroxylation is 1. The van der Waals surface area contributed by atoms with Crippen molar-refractivity contribution < 1.29 is 0 Å². The Morgan fingerprint density at radius 3 is 1.52 bits per heavy atom. The van der Waals surface area contributed by atoms with Gasteiger partial charge in [0.05, 0.1) is 0 Å². The third-order valence-corrected chi connectivity index (χ3v) is 5.55. The SMILES string of the molecule is Cc1cc(C(C)c2ccccc2)c(C(N)CN)c(C(C)c2ccccc2)c1. The largest absolute Gasteiger partial charge is 0.329 e. The molecule has 0 spiro atoms. The molecule has 0 heterocycles. The van der Waals surface area contributed by atoms with Crippen molar-refractivity contribution in [3.05, 3.63) is 106 Å². The molecule has 3 aromatic rings. The molecule has 2 heteroatoms. The summed E-state index contributed by atoms with van der Waals surface area (Å²) in [5.74, 6) is 0.529.